The number of aryl methyl sites for hydroxylation is 1. The Balaban J connectivity index is 1.84. The van der Waals surface area contributed by atoms with Crippen LogP contribution in [-0.4, -0.2) is 12.1 Å². The van der Waals surface area contributed by atoms with Gasteiger partial charge in [0.05, 0.1) is 16.7 Å². The van der Waals surface area contributed by atoms with Gasteiger partial charge in [0, 0.05) is 12.8 Å². The molecule has 0 saturated heterocycles. The van der Waals surface area contributed by atoms with E-state index in [1.54, 1.807) is 18.4 Å². The number of hydrogen-bond acceptors (Lipinski definition) is 4. The molecule has 0 fully saturated rings. The maximum atomic E-state index is 5.52. The molecule has 4 heteroatoms. The minimum Gasteiger partial charge on any atom is -0.376 e. The van der Waals surface area contributed by atoms with Gasteiger partial charge in [-0.1, -0.05) is 29.5 Å². The van der Waals surface area contributed by atoms with E-state index in [1.807, 2.05) is 30.3 Å². The molecule has 2 aromatic rings. The van der Waals surface area contributed by atoms with Crippen LogP contribution in [0.25, 0.3) is 0 Å². The fourth-order valence-electron chi connectivity index (χ4n) is 2.30. The van der Waals surface area contributed by atoms with Crippen molar-refractivity contribution < 1.29 is 4.74 Å². The summed E-state index contributed by atoms with van der Waals surface area (Å²) >= 11 is 1.72. The highest BCUT2D eigenvalue weighted by Crippen LogP contribution is 2.38. The molecule has 3 rings (SSSR count). The number of para-hydroxylation sites is 1. The van der Waals surface area contributed by atoms with Crippen LogP contribution in [0.3, 0.4) is 0 Å². The Labute approximate surface area is 111 Å². The Morgan fingerprint density at radius 2 is 2.17 bits per heavy atom. The van der Waals surface area contributed by atoms with Crippen molar-refractivity contribution in [3.8, 4) is 0 Å². The first-order valence-corrected chi connectivity index (χ1v) is 7.03. The average Bonchev–Trinajstić information content (AvgIpc) is 2.82. The van der Waals surface area contributed by atoms with Crippen molar-refractivity contribution in [2.75, 3.05) is 12.4 Å². The molecule has 94 valence electrons. The number of aromatic nitrogens is 1. The lowest BCUT2D eigenvalue weighted by molar-refractivity contribution is 0.0908. The topological polar surface area (TPSA) is 34.1 Å². The Morgan fingerprint density at radius 1 is 1.33 bits per heavy atom. The Bertz CT molecular complexity index is 524. The molecule has 1 unspecified atom stereocenters. The molecule has 0 radical (unpaired) electrons. The molecule has 0 aliphatic heterocycles. The highest BCUT2D eigenvalue weighted by Gasteiger charge is 2.24. The maximum Gasteiger partial charge on any atom is 0.187 e. The van der Waals surface area contributed by atoms with Gasteiger partial charge in [-0.2, -0.15) is 0 Å². The van der Waals surface area contributed by atoms with Gasteiger partial charge in [-0.05, 0) is 31.4 Å². The maximum absolute atomic E-state index is 5.52. The molecular formula is C14H16N2OS. The number of hydrogen-bond donors (Lipinski definition) is 1. The van der Waals surface area contributed by atoms with E-state index in [0.717, 1.165) is 23.7 Å². The van der Waals surface area contributed by atoms with Crippen LogP contribution in [0.2, 0.25) is 0 Å². The Morgan fingerprint density at radius 3 is 2.94 bits per heavy atom. The molecular weight excluding hydrogens is 244 g/mol. The number of benzene rings is 1. The van der Waals surface area contributed by atoms with E-state index in [-0.39, 0.29) is 6.10 Å². The molecule has 0 saturated carbocycles. The zero-order valence-electron chi connectivity index (χ0n) is 10.3. The second-order valence-electron chi connectivity index (χ2n) is 4.44. The third-order valence-corrected chi connectivity index (χ3v) is 4.31. The molecule has 3 nitrogen and oxygen atoms in total. The van der Waals surface area contributed by atoms with Crippen molar-refractivity contribution >= 4 is 22.2 Å². The summed E-state index contributed by atoms with van der Waals surface area (Å²) < 4.78 is 5.52. The van der Waals surface area contributed by atoms with Gasteiger partial charge in [-0.25, -0.2) is 4.98 Å². The van der Waals surface area contributed by atoms with Gasteiger partial charge in [-0.3, -0.25) is 0 Å². The van der Waals surface area contributed by atoms with Crippen LogP contribution in [0, 0.1) is 0 Å². The van der Waals surface area contributed by atoms with Crippen molar-refractivity contribution in [2.24, 2.45) is 0 Å². The Hall–Kier alpha value is -1.39. The predicted molar refractivity (Wildman–Crippen MR) is 74.5 cm³/mol. The molecule has 1 N–H and O–H groups in total. The molecule has 1 atom stereocenters. The van der Waals surface area contributed by atoms with Crippen LogP contribution < -0.4 is 5.32 Å². The van der Waals surface area contributed by atoms with Gasteiger partial charge in [0.15, 0.2) is 5.13 Å². The van der Waals surface area contributed by atoms with Crippen LogP contribution >= 0.6 is 11.3 Å². The third-order valence-electron chi connectivity index (χ3n) is 3.21. The molecule has 1 aliphatic rings. The minimum absolute atomic E-state index is 0.234. The lowest BCUT2D eigenvalue weighted by Gasteiger charge is -2.18. The fraction of sp³-hybridized carbons (Fsp3) is 0.357. The van der Waals surface area contributed by atoms with E-state index in [0.29, 0.717) is 0 Å². The van der Waals surface area contributed by atoms with E-state index >= 15 is 0 Å². The largest absolute Gasteiger partial charge is 0.376 e. The minimum atomic E-state index is 0.234. The number of anilines is 2. The van der Waals surface area contributed by atoms with Crippen LogP contribution in [0.5, 0.6) is 0 Å². The van der Waals surface area contributed by atoms with Gasteiger partial charge in [0.2, 0.25) is 0 Å². The van der Waals surface area contributed by atoms with Crippen molar-refractivity contribution in [3.05, 3.63) is 40.9 Å². The number of nitrogens with one attached hydrogen (secondary N) is 1. The quantitative estimate of drug-likeness (QED) is 0.908. The lowest BCUT2D eigenvalue weighted by atomic mass is 10.0. The summed E-state index contributed by atoms with van der Waals surface area (Å²) in [5.41, 5.74) is 2.29. The summed E-state index contributed by atoms with van der Waals surface area (Å²) in [6, 6.07) is 10.2. The molecule has 18 heavy (non-hydrogen) atoms. The highest BCUT2D eigenvalue weighted by atomic mass is 32.1. The molecule has 0 bridgehead atoms. The van der Waals surface area contributed by atoms with E-state index in [2.05, 4.69) is 10.3 Å². The summed E-state index contributed by atoms with van der Waals surface area (Å²) in [5.74, 6) is 0. The number of rotatable bonds is 3. The first-order chi connectivity index (χ1) is 8.86. The fourth-order valence-corrected chi connectivity index (χ4v) is 3.45. The number of methoxy groups -OCH3 is 1. The zero-order chi connectivity index (χ0) is 12.4. The van der Waals surface area contributed by atoms with Gasteiger partial charge < -0.3 is 10.1 Å². The van der Waals surface area contributed by atoms with E-state index in [1.165, 1.54) is 17.0 Å². The number of nitrogens with zero attached hydrogens (tertiary/aromatic N) is 1. The summed E-state index contributed by atoms with van der Waals surface area (Å²) in [5, 5.41) is 4.33. The van der Waals surface area contributed by atoms with Crippen LogP contribution in [0.1, 0.15) is 29.5 Å². The van der Waals surface area contributed by atoms with Gasteiger partial charge in [-0.15, -0.1) is 0 Å². The standard InChI is InChI=1S/C14H16N2OS/c1-17-12-9-5-8-11-13(12)18-14(16-11)15-10-6-3-2-4-7-10/h2-4,6-7,12H,5,8-9H2,1H3,(H,15,16). The Kier molecular flexibility index (Phi) is 3.30. The van der Waals surface area contributed by atoms with Gasteiger partial charge in [0.1, 0.15) is 0 Å². The second kappa shape index (κ2) is 5.08. The molecule has 1 heterocycles. The van der Waals surface area contributed by atoms with E-state index < -0.39 is 0 Å². The third kappa shape index (κ3) is 2.26. The average molecular weight is 260 g/mol. The van der Waals surface area contributed by atoms with Crippen LogP contribution in [-0.2, 0) is 11.2 Å². The highest BCUT2D eigenvalue weighted by molar-refractivity contribution is 7.15. The van der Waals surface area contributed by atoms with Crippen molar-refractivity contribution in [1.29, 1.82) is 0 Å². The van der Waals surface area contributed by atoms with Crippen molar-refractivity contribution in [1.82, 2.24) is 4.98 Å². The first kappa shape index (κ1) is 11.7. The molecule has 0 amide bonds. The smallest absolute Gasteiger partial charge is 0.187 e. The summed E-state index contributed by atoms with van der Waals surface area (Å²) in [6.45, 7) is 0. The first-order valence-electron chi connectivity index (χ1n) is 6.21. The van der Waals surface area contributed by atoms with E-state index in [9.17, 15) is 0 Å². The van der Waals surface area contributed by atoms with Gasteiger partial charge >= 0.3 is 0 Å². The van der Waals surface area contributed by atoms with Crippen molar-refractivity contribution in [3.63, 3.8) is 0 Å². The molecule has 0 spiro atoms. The van der Waals surface area contributed by atoms with Gasteiger partial charge in [0.25, 0.3) is 0 Å². The van der Waals surface area contributed by atoms with Crippen LogP contribution in [0.4, 0.5) is 10.8 Å². The second-order valence-corrected chi connectivity index (χ2v) is 5.47. The van der Waals surface area contributed by atoms with Crippen LogP contribution in [0.15, 0.2) is 30.3 Å². The predicted octanol–water partition coefficient (Wildman–Crippen LogP) is 3.91. The monoisotopic (exact) mass is 260 g/mol. The number of thiazole rings is 1. The summed E-state index contributed by atoms with van der Waals surface area (Å²) in [7, 11) is 1.78. The number of fused-ring (bicyclic) bond motifs is 1. The summed E-state index contributed by atoms with van der Waals surface area (Å²) in [4.78, 5) is 5.97. The number of ether oxygens (including phenoxy) is 1. The van der Waals surface area contributed by atoms with E-state index in [4.69, 9.17) is 4.74 Å². The molecule has 1 aromatic heterocycles. The molecule has 1 aliphatic carbocycles. The normalized spacial score (nSPS) is 18.4. The SMILES string of the molecule is COC1CCCc2nc(Nc3ccccc3)sc21. The lowest BCUT2D eigenvalue weighted by Crippen LogP contribution is -2.08. The molecule has 1 aromatic carbocycles. The zero-order valence-corrected chi connectivity index (χ0v) is 11.2. The summed E-state index contributed by atoms with van der Waals surface area (Å²) in [6.07, 6.45) is 3.58. The van der Waals surface area contributed by atoms with Crippen molar-refractivity contribution in [2.45, 2.75) is 25.4 Å².